The van der Waals surface area contributed by atoms with Crippen LogP contribution in [0.4, 0.5) is 4.39 Å². The summed E-state index contributed by atoms with van der Waals surface area (Å²) in [6, 6.07) is 4.71. The van der Waals surface area contributed by atoms with Gasteiger partial charge in [0.1, 0.15) is 5.82 Å². The third kappa shape index (κ3) is 1.14. The van der Waals surface area contributed by atoms with E-state index in [2.05, 4.69) is 6.58 Å². The van der Waals surface area contributed by atoms with E-state index in [0.717, 1.165) is 16.7 Å². The van der Waals surface area contributed by atoms with Crippen LogP contribution in [0.2, 0.25) is 0 Å². The largest absolute Gasteiger partial charge is 0.372 e. The highest BCUT2D eigenvalue weighted by Gasteiger charge is 2.12. The van der Waals surface area contributed by atoms with E-state index in [4.69, 9.17) is 4.74 Å². The van der Waals surface area contributed by atoms with Crippen LogP contribution in [0.15, 0.2) is 24.8 Å². The number of halogens is 1. The maximum absolute atomic E-state index is 12.7. The Morgan fingerprint density at radius 2 is 2.17 bits per heavy atom. The monoisotopic (exact) mass is 164 g/mol. The molecule has 1 heterocycles. The van der Waals surface area contributed by atoms with Gasteiger partial charge < -0.3 is 4.74 Å². The molecule has 0 bridgehead atoms. The second-order valence-corrected chi connectivity index (χ2v) is 2.90. The number of hydrogen-bond acceptors (Lipinski definition) is 1. The lowest BCUT2D eigenvalue weighted by Gasteiger charge is -2.18. The lowest BCUT2D eigenvalue weighted by molar-refractivity contribution is 0.146. The van der Waals surface area contributed by atoms with Crippen molar-refractivity contribution in [2.45, 2.75) is 6.61 Å². The van der Waals surface area contributed by atoms with Gasteiger partial charge in [-0.15, -0.1) is 0 Å². The summed E-state index contributed by atoms with van der Waals surface area (Å²) < 4.78 is 17.9. The number of ether oxygens (including phenoxy) is 1. The first-order valence-electron chi connectivity index (χ1n) is 3.82. The zero-order valence-corrected chi connectivity index (χ0v) is 6.64. The van der Waals surface area contributed by atoms with Gasteiger partial charge in [0.05, 0.1) is 13.2 Å². The molecule has 0 spiro atoms. The van der Waals surface area contributed by atoms with Crippen LogP contribution in [0.3, 0.4) is 0 Å². The van der Waals surface area contributed by atoms with Crippen molar-refractivity contribution in [3.05, 3.63) is 41.7 Å². The predicted octanol–water partition coefficient (Wildman–Crippen LogP) is 2.37. The van der Waals surface area contributed by atoms with Crippen molar-refractivity contribution < 1.29 is 9.13 Å². The fourth-order valence-corrected chi connectivity index (χ4v) is 1.39. The molecular formula is C10H9FO. The van der Waals surface area contributed by atoms with E-state index in [-0.39, 0.29) is 5.82 Å². The molecule has 0 amide bonds. The van der Waals surface area contributed by atoms with Crippen molar-refractivity contribution in [1.29, 1.82) is 0 Å². The summed E-state index contributed by atoms with van der Waals surface area (Å²) >= 11 is 0. The Morgan fingerprint density at radius 1 is 1.33 bits per heavy atom. The molecule has 1 aromatic rings. The van der Waals surface area contributed by atoms with Gasteiger partial charge in [0.15, 0.2) is 0 Å². The van der Waals surface area contributed by atoms with Crippen molar-refractivity contribution in [2.24, 2.45) is 0 Å². The Hall–Kier alpha value is -1.15. The van der Waals surface area contributed by atoms with E-state index in [1.807, 2.05) is 0 Å². The molecule has 0 radical (unpaired) electrons. The number of hydrogen-bond donors (Lipinski definition) is 0. The molecule has 0 N–H and O–H groups in total. The summed E-state index contributed by atoms with van der Waals surface area (Å²) in [4.78, 5) is 0. The molecule has 2 rings (SSSR count). The summed E-state index contributed by atoms with van der Waals surface area (Å²) in [6.07, 6.45) is 0. The molecule has 0 aromatic heterocycles. The highest BCUT2D eigenvalue weighted by atomic mass is 19.1. The second-order valence-electron chi connectivity index (χ2n) is 2.90. The van der Waals surface area contributed by atoms with Gasteiger partial charge in [0, 0.05) is 0 Å². The molecule has 2 heteroatoms. The van der Waals surface area contributed by atoms with Gasteiger partial charge in [-0.1, -0.05) is 12.6 Å². The Balaban J connectivity index is 2.53. The SMILES string of the molecule is C=C1COCc2cc(F)ccc21. The lowest BCUT2D eigenvalue weighted by atomic mass is 10.00. The predicted molar refractivity (Wildman–Crippen MR) is 45.1 cm³/mol. The van der Waals surface area contributed by atoms with Crippen molar-refractivity contribution in [3.63, 3.8) is 0 Å². The van der Waals surface area contributed by atoms with Gasteiger partial charge in [-0.05, 0) is 28.8 Å². The first kappa shape index (κ1) is 7.50. The maximum atomic E-state index is 12.7. The summed E-state index contributed by atoms with van der Waals surface area (Å²) in [5.74, 6) is -0.216. The van der Waals surface area contributed by atoms with Crippen molar-refractivity contribution >= 4 is 5.57 Å². The van der Waals surface area contributed by atoms with Crippen LogP contribution in [-0.2, 0) is 11.3 Å². The first-order chi connectivity index (χ1) is 5.77. The summed E-state index contributed by atoms with van der Waals surface area (Å²) in [5, 5.41) is 0. The standard InChI is InChI=1S/C10H9FO/c1-7-5-12-6-8-4-9(11)2-3-10(7)8/h2-4H,1,5-6H2. The second kappa shape index (κ2) is 2.72. The molecule has 1 aliphatic rings. The van der Waals surface area contributed by atoms with E-state index in [1.54, 1.807) is 6.07 Å². The molecule has 0 unspecified atom stereocenters. The Bertz CT molecular complexity index is 331. The van der Waals surface area contributed by atoms with Crippen LogP contribution >= 0.6 is 0 Å². The Kier molecular flexibility index (Phi) is 1.70. The highest BCUT2D eigenvalue weighted by molar-refractivity contribution is 5.68. The summed E-state index contributed by atoms with van der Waals surface area (Å²) in [5.41, 5.74) is 2.85. The van der Waals surface area contributed by atoms with Gasteiger partial charge in [0.2, 0.25) is 0 Å². The van der Waals surface area contributed by atoms with Gasteiger partial charge in [-0.3, -0.25) is 0 Å². The number of fused-ring (bicyclic) bond motifs is 1. The molecule has 1 nitrogen and oxygen atoms in total. The van der Waals surface area contributed by atoms with Crippen LogP contribution < -0.4 is 0 Å². The topological polar surface area (TPSA) is 9.23 Å². The molecule has 1 aromatic carbocycles. The number of benzene rings is 1. The van der Waals surface area contributed by atoms with E-state index in [0.29, 0.717) is 13.2 Å². The normalized spacial score (nSPS) is 15.9. The molecule has 0 aliphatic carbocycles. The minimum atomic E-state index is -0.216. The first-order valence-corrected chi connectivity index (χ1v) is 3.82. The van der Waals surface area contributed by atoms with Crippen molar-refractivity contribution in [1.82, 2.24) is 0 Å². The molecule has 62 valence electrons. The molecule has 0 saturated heterocycles. The zero-order valence-electron chi connectivity index (χ0n) is 6.64. The zero-order chi connectivity index (χ0) is 8.55. The van der Waals surface area contributed by atoms with Gasteiger partial charge in [-0.2, -0.15) is 0 Å². The quantitative estimate of drug-likeness (QED) is 0.572. The molecule has 12 heavy (non-hydrogen) atoms. The summed E-state index contributed by atoms with van der Waals surface area (Å²) in [6.45, 7) is 4.88. The van der Waals surface area contributed by atoms with Crippen molar-refractivity contribution in [2.75, 3.05) is 6.61 Å². The van der Waals surface area contributed by atoms with Gasteiger partial charge >= 0.3 is 0 Å². The average Bonchev–Trinajstić information content (AvgIpc) is 2.04. The maximum Gasteiger partial charge on any atom is 0.123 e. The average molecular weight is 164 g/mol. The van der Waals surface area contributed by atoms with Gasteiger partial charge in [0.25, 0.3) is 0 Å². The minimum absolute atomic E-state index is 0.216. The fourth-order valence-electron chi connectivity index (χ4n) is 1.39. The van der Waals surface area contributed by atoms with Crippen molar-refractivity contribution in [3.8, 4) is 0 Å². The van der Waals surface area contributed by atoms with Crippen LogP contribution in [0, 0.1) is 5.82 Å². The third-order valence-corrected chi connectivity index (χ3v) is 1.98. The molecule has 1 aliphatic heterocycles. The molecular weight excluding hydrogens is 155 g/mol. The van der Waals surface area contributed by atoms with E-state index < -0.39 is 0 Å². The van der Waals surface area contributed by atoms with Crippen LogP contribution in [0.1, 0.15) is 11.1 Å². The van der Waals surface area contributed by atoms with Gasteiger partial charge in [-0.25, -0.2) is 4.39 Å². The summed E-state index contributed by atoms with van der Waals surface area (Å²) in [7, 11) is 0. The van der Waals surface area contributed by atoms with E-state index in [9.17, 15) is 4.39 Å². The van der Waals surface area contributed by atoms with Crippen LogP contribution in [0.5, 0.6) is 0 Å². The third-order valence-electron chi connectivity index (χ3n) is 1.98. The van der Waals surface area contributed by atoms with Crippen LogP contribution in [0.25, 0.3) is 5.57 Å². The van der Waals surface area contributed by atoms with Crippen LogP contribution in [-0.4, -0.2) is 6.61 Å². The molecule has 0 saturated carbocycles. The fraction of sp³-hybridized carbons (Fsp3) is 0.200. The molecule has 0 fully saturated rings. The smallest absolute Gasteiger partial charge is 0.123 e. The lowest BCUT2D eigenvalue weighted by Crippen LogP contribution is -2.08. The highest BCUT2D eigenvalue weighted by Crippen LogP contribution is 2.24. The minimum Gasteiger partial charge on any atom is -0.372 e. The Morgan fingerprint density at radius 3 is 3.00 bits per heavy atom. The Labute approximate surface area is 70.5 Å². The molecule has 0 atom stereocenters. The number of rotatable bonds is 0. The van der Waals surface area contributed by atoms with E-state index >= 15 is 0 Å². The van der Waals surface area contributed by atoms with E-state index in [1.165, 1.54) is 12.1 Å².